The van der Waals surface area contributed by atoms with E-state index in [1.165, 1.54) is 11.8 Å². The lowest BCUT2D eigenvalue weighted by molar-refractivity contribution is -0.120. The highest BCUT2D eigenvalue weighted by molar-refractivity contribution is 6.31. The number of nitrogens with zero attached hydrogens (tertiary/aromatic N) is 2. The first-order chi connectivity index (χ1) is 11.4. The molecule has 0 saturated heterocycles. The summed E-state index contributed by atoms with van der Waals surface area (Å²) in [5, 5.41) is 12.1. The number of hydrogen-bond donors (Lipinski definition) is 1. The average Bonchev–Trinajstić information content (AvgIpc) is 2.57. The Balaban J connectivity index is 2.15. The van der Waals surface area contributed by atoms with Crippen LogP contribution in [0.5, 0.6) is 0 Å². The van der Waals surface area contributed by atoms with Crippen molar-refractivity contribution in [1.82, 2.24) is 0 Å². The molecule has 6 heteroatoms. The van der Waals surface area contributed by atoms with Crippen LogP contribution in [0.2, 0.25) is 5.02 Å². The van der Waals surface area contributed by atoms with E-state index in [0.29, 0.717) is 22.0 Å². The van der Waals surface area contributed by atoms with Crippen LogP contribution in [0.3, 0.4) is 0 Å². The summed E-state index contributed by atoms with van der Waals surface area (Å²) in [5.74, 6) is -0.599. The minimum atomic E-state index is -0.333. The molecule has 0 aromatic heterocycles. The number of nitriles is 1. The molecule has 2 aromatic carbocycles. The molecule has 2 rings (SSSR count). The highest BCUT2D eigenvalue weighted by atomic mass is 35.5. The van der Waals surface area contributed by atoms with Crippen molar-refractivity contribution in [2.45, 2.75) is 13.8 Å². The Kier molecular flexibility index (Phi) is 5.56. The van der Waals surface area contributed by atoms with Gasteiger partial charge in [-0.25, -0.2) is 0 Å². The summed E-state index contributed by atoms with van der Waals surface area (Å²) in [4.78, 5) is 25.5. The van der Waals surface area contributed by atoms with Gasteiger partial charge in [-0.1, -0.05) is 17.7 Å². The van der Waals surface area contributed by atoms with Crippen molar-refractivity contribution >= 4 is 34.8 Å². The van der Waals surface area contributed by atoms with Crippen molar-refractivity contribution in [1.29, 1.82) is 5.26 Å². The minimum absolute atomic E-state index is 0.132. The molecule has 0 aliphatic rings. The normalized spacial score (nSPS) is 9.92. The molecule has 24 heavy (non-hydrogen) atoms. The third-order valence-electron chi connectivity index (χ3n) is 3.53. The van der Waals surface area contributed by atoms with Crippen LogP contribution in [0.1, 0.15) is 18.1 Å². The second-order valence-corrected chi connectivity index (χ2v) is 5.63. The monoisotopic (exact) mass is 341 g/mol. The van der Waals surface area contributed by atoms with Gasteiger partial charge in [0.1, 0.15) is 6.54 Å². The topological polar surface area (TPSA) is 73.2 Å². The number of carbonyl (C=O) groups excluding carboxylic acids is 2. The number of hydrogen-bond acceptors (Lipinski definition) is 3. The van der Waals surface area contributed by atoms with Gasteiger partial charge in [-0.2, -0.15) is 5.26 Å². The summed E-state index contributed by atoms with van der Waals surface area (Å²) >= 11 is 6.04. The lowest BCUT2D eigenvalue weighted by Crippen LogP contribution is -2.36. The molecule has 0 aliphatic carbocycles. The van der Waals surface area contributed by atoms with Gasteiger partial charge < -0.3 is 10.2 Å². The highest BCUT2D eigenvalue weighted by Crippen LogP contribution is 2.23. The lowest BCUT2D eigenvalue weighted by Gasteiger charge is -2.21. The Labute approximate surface area is 145 Å². The Hall–Kier alpha value is -2.84. The van der Waals surface area contributed by atoms with Gasteiger partial charge in [-0.15, -0.1) is 0 Å². The van der Waals surface area contributed by atoms with E-state index >= 15 is 0 Å². The maximum atomic E-state index is 12.3. The molecule has 0 heterocycles. The first-order valence-corrected chi connectivity index (χ1v) is 7.63. The van der Waals surface area contributed by atoms with Crippen LogP contribution in [0.4, 0.5) is 11.4 Å². The summed E-state index contributed by atoms with van der Waals surface area (Å²) in [6.45, 7) is 3.06. The van der Waals surface area contributed by atoms with E-state index in [9.17, 15) is 9.59 Å². The van der Waals surface area contributed by atoms with Crippen molar-refractivity contribution in [2.24, 2.45) is 0 Å². The maximum Gasteiger partial charge on any atom is 0.244 e. The number of nitrogens with one attached hydrogen (secondary N) is 1. The van der Waals surface area contributed by atoms with Crippen LogP contribution in [-0.2, 0) is 9.59 Å². The largest absolute Gasteiger partial charge is 0.324 e. The number of rotatable bonds is 4. The molecule has 0 atom stereocenters. The van der Waals surface area contributed by atoms with Crippen molar-refractivity contribution in [3.05, 3.63) is 58.6 Å². The van der Waals surface area contributed by atoms with Crippen LogP contribution in [0, 0.1) is 18.3 Å². The van der Waals surface area contributed by atoms with Crippen LogP contribution in [0.15, 0.2) is 42.5 Å². The number of benzene rings is 2. The minimum Gasteiger partial charge on any atom is -0.324 e. The fourth-order valence-electron chi connectivity index (χ4n) is 2.18. The van der Waals surface area contributed by atoms with Crippen LogP contribution in [0.25, 0.3) is 0 Å². The summed E-state index contributed by atoms with van der Waals surface area (Å²) in [7, 11) is 0. The molecular weight excluding hydrogens is 326 g/mol. The summed E-state index contributed by atoms with van der Waals surface area (Å²) in [6, 6.07) is 13.7. The van der Waals surface area contributed by atoms with Crippen molar-refractivity contribution in [3.63, 3.8) is 0 Å². The van der Waals surface area contributed by atoms with E-state index in [2.05, 4.69) is 5.32 Å². The molecule has 0 aliphatic heterocycles. The SMILES string of the molecule is CC(=O)N(CC(=O)Nc1cccc(Cl)c1C)c1ccc(C#N)cc1. The molecule has 0 spiro atoms. The number of carbonyl (C=O) groups is 2. The predicted molar refractivity (Wildman–Crippen MR) is 94.0 cm³/mol. The molecule has 1 N–H and O–H groups in total. The van der Waals surface area contributed by atoms with Gasteiger partial charge in [0, 0.05) is 23.3 Å². The molecule has 122 valence electrons. The standard InChI is InChI=1S/C18H16ClN3O2/c1-12-16(19)4-3-5-17(12)21-18(24)11-22(13(2)23)15-8-6-14(10-20)7-9-15/h3-9H,11H2,1-2H3,(H,21,24). The highest BCUT2D eigenvalue weighted by Gasteiger charge is 2.16. The van der Waals surface area contributed by atoms with Gasteiger partial charge in [0.2, 0.25) is 11.8 Å². The molecule has 0 radical (unpaired) electrons. The fraction of sp³-hybridized carbons (Fsp3) is 0.167. The quantitative estimate of drug-likeness (QED) is 0.924. The maximum absolute atomic E-state index is 12.3. The third kappa shape index (κ3) is 4.12. The van der Waals surface area contributed by atoms with E-state index < -0.39 is 0 Å². The van der Waals surface area contributed by atoms with E-state index in [1.54, 1.807) is 49.4 Å². The molecule has 0 fully saturated rings. The molecule has 0 saturated carbocycles. The van der Waals surface area contributed by atoms with Gasteiger partial charge in [-0.3, -0.25) is 9.59 Å². The van der Waals surface area contributed by atoms with Crippen molar-refractivity contribution in [2.75, 3.05) is 16.8 Å². The van der Waals surface area contributed by atoms with Gasteiger partial charge >= 0.3 is 0 Å². The Morgan fingerprint density at radius 3 is 2.46 bits per heavy atom. The van der Waals surface area contributed by atoms with Crippen LogP contribution >= 0.6 is 11.6 Å². The van der Waals surface area contributed by atoms with E-state index in [-0.39, 0.29) is 18.4 Å². The van der Waals surface area contributed by atoms with Gasteiger partial charge in [0.15, 0.2) is 0 Å². The Morgan fingerprint density at radius 1 is 1.21 bits per heavy atom. The molecule has 2 aromatic rings. The zero-order valence-electron chi connectivity index (χ0n) is 13.3. The molecule has 2 amide bonds. The van der Waals surface area contributed by atoms with Gasteiger partial charge in [-0.05, 0) is 48.9 Å². The van der Waals surface area contributed by atoms with Crippen LogP contribution < -0.4 is 10.2 Å². The second kappa shape index (κ2) is 7.62. The first kappa shape index (κ1) is 17.5. The van der Waals surface area contributed by atoms with Crippen molar-refractivity contribution in [3.8, 4) is 6.07 Å². The summed E-state index contributed by atoms with van der Waals surface area (Å²) < 4.78 is 0. The van der Waals surface area contributed by atoms with E-state index in [0.717, 1.165) is 5.56 Å². The third-order valence-corrected chi connectivity index (χ3v) is 3.94. The van der Waals surface area contributed by atoms with Gasteiger partial charge in [0.25, 0.3) is 0 Å². The Morgan fingerprint density at radius 2 is 1.88 bits per heavy atom. The zero-order valence-corrected chi connectivity index (χ0v) is 14.1. The fourth-order valence-corrected chi connectivity index (χ4v) is 2.35. The summed E-state index contributed by atoms with van der Waals surface area (Å²) in [6.07, 6.45) is 0. The zero-order chi connectivity index (χ0) is 17.7. The second-order valence-electron chi connectivity index (χ2n) is 5.22. The van der Waals surface area contributed by atoms with Crippen LogP contribution in [-0.4, -0.2) is 18.4 Å². The lowest BCUT2D eigenvalue weighted by atomic mass is 10.2. The Bertz CT molecular complexity index is 810. The van der Waals surface area contributed by atoms with Gasteiger partial charge in [0.05, 0.1) is 11.6 Å². The van der Waals surface area contributed by atoms with E-state index in [4.69, 9.17) is 16.9 Å². The van der Waals surface area contributed by atoms with E-state index in [1.807, 2.05) is 6.07 Å². The smallest absolute Gasteiger partial charge is 0.244 e. The first-order valence-electron chi connectivity index (χ1n) is 7.25. The molecule has 0 bridgehead atoms. The number of amides is 2. The molecular formula is C18H16ClN3O2. The molecule has 5 nitrogen and oxygen atoms in total. The molecule has 0 unspecified atom stereocenters. The van der Waals surface area contributed by atoms with Crippen molar-refractivity contribution < 1.29 is 9.59 Å². The number of anilines is 2. The predicted octanol–water partition coefficient (Wildman–Crippen LogP) is 3.51. The number of halogens is 1. The summed E-state index contributed by atoms with van der Waals surface area (Å²) in [5.41, 5.74) is 2.41. The average molecular weight is 342 g/mol.